The maximum atomic E-state index is 10.9. The molecule has 3 aromatic rings. The number of nitrogens with zero attached hydrogens (tertiary/aromatic N) is 4. The molecule has 0 aliphatic carbocycles. The number of aromatic nitrogens is 4. The molecule has 0 aliphatic heterocycles. The van der Waals surface area contributed by atoms with Gasteiger partial charge in [-0.25, -0.2) is 4.98 Å². The number of fused-ring (bicyclic) bond motifs is 1. The van der Waals surface area contributed by atoms with Crippen molar-refractivity contribution in [2.45, 2.75) is 20.0 Å². The predicted molar refractivity (Wildman–Crippen MR) is 72.1 cm³/mol. The first-order valence-corrected chi connectivity index (χ1v) is 6.24. The molecule has 0 atom stereocenters. The van der Waals surface area contributed by atoms with Crippen LogP contribution in [-0.2, 0) is 13.1 Å². The largest absolute Gasteiger partial charge is 0.323 e. The van der Waals surface area contributed by atoms with Crippen molar-refractivity contribution in [3.63, 3.8) is 0 Å². The Balaban J connectivity index is 2.08. The molecule has 5 heteroatoms. The first-order chi connectivity index (χ1) is 9.33. The molecule has 0 aliphatic rings. The number of imidazole rings is 1. The van der Waals surface area contributed by atoms with Gasteiger partial charge in [0.2, 0.25) is 0 Å². The number of aldehydes is 1. The Morgan fingerprint density at radius 1 is 1.32 bits per heavy atom. The minimum absolute atomic E-state index is 0.426. The van der Waals surface area contributed by atoms with Crippen molar-refractivity contribution in [3.05, 3.63) is 48.2 Å². The number of para-hydroxylation sites is 1. The van der Waals surface area contributed by atoms with Crippen LogP contribution >= 0.6 is 0 Å². The fraction of sp³-hybridized carbons (Fsp3) is 0.214. The number of benzene rings is 1. The SMILES string of the molecule is CCn1nc(Cn2ccnc2C=O)c2ccccc21. The summed E-state index contributed by atoms with van der Waals surface area (Å²) in [6.07, 6.45) is 4.19. The van der Waals surface area contributed by atoms with Crippen LogP contribution in [0.15, 0.2) is 36.7 Å². The van der Waals surface area contributed by atoms with Gasteiger partial charge in [0, 0.05) is 24.3 Å². The molecule has 0 N–H and O–H groups in total. The topological polar surface area (TPSA) is 52.7 Å². The van der Waals surface area contributed by atoms with E-state index in [1.165, 1.54) is 0 Å². The monoisotopic (exact) mass is 254 g/mol. The van der Waals surface area contributed by atoms with Crippen LogP contribution in [0.1, 0.15) is 23.2 Å². The lowest BCUT2D eigenvalue weighted by Crippen LogP contribution is -2.05. The Kier molecular flexibility index (Phi) is 2.87. The number of hydrogen-bond donors (Lipinski definition) is 0. The lowest BCUT2D eigenvalue weighted by molar-refractivity contribution is 0.111. The molecule has 0 saturated carbocycles. The quantitative estimate of drug-likeness (QED) is 0.670. The van der Waals surface area contributed by atoms with Crippen molar-refractivity contribution in [2.24, 2.45) is 0 Å². The standard InChI is InChI=1S/C14H14N4O/c1-2-18-13-6-4-3-5-11(13)12(16-18)9-17-8-7-15-14(17)10-19/h3-8,10H,2,9H2,1H3. The van der Waals surface area contributed by atoms with Crippen molar-refractivity contribution >= 4 is 17.2 Å². The highest BCUT2D eigenvalue weighted by atomic mass is 16.1. The van der Waals surface area contributed by atoms with Crippen LogP contribution in [0.5, 0.6) is 0 Å². The molecule has 0 spiro atoms. The van der Waals surface area contributed by atoms with Gasteiger partial charge in [-0.15, -0.1) is 0 Å². The minimum Gasteiger partial charge on any atom is -0.323 e. The highest BCUT2D eigenvalue weighted by Crippen LogP contribution is 2.19. The van der Waals surface area contributed by atoms with E-state index >= 15 is 0 Å². The number of hydrogen-bond acceptors (Lipinski definition) is 3. The van der Waals surface area contributed by atoms with Gasteiger partial charge >= 0.3 is 0 Å². The van der Waals surface area contributed by atoms with Crippen LogP contribution in [0.2, 0.25) is 0 Å². The molecule has 96 valence electrons. The smallest absolute Gasteiger partial charge is 0.185 e. The van der Waals surface area contributed by atoms with Gasteiger partial charge in [0.25, 0.3) is 0 Å². The Morgan fingerprint density at radius 3 is 2.95 bits per heavy atom. The van der Waals surface area contributed by atoms with E-state index < -0.39 is 0 Å². The molecule has 0 saturated heterocycles. The molecule has 5 nitrogen and oxygen atoms in total. The van der Waals surface area contributed by atoms with E-state index in [0.717, 1.165) is 29.4 Å². The Morgan fingerprint density at radius 2 is 2.16 bits per heavy atom. The highest BCUT2D eigenvalue weighted by Gasteiger charge is 2.11. The molecule has 1 aromatic carbocycles. The zero-order chi connectivity index (χ0) is 13.2. The minimum atomic E-state index is 0.426. The molecule has 0 fully saturated rings. The summed E-state index contributed by atoms with van der Waals surface area (Å²) < 4.78 is 3.78. The van der Waals surface area contributed by atoms with E-state index in [-0.39, 0.29) is 0 Å². The fourth-order valence-corrected chi connectivity index (χ4v) is 2.29. The molecule has 0 amide bonds. The van der Waals surface area contributed by atoms with Crippen LogP contribution < -0.4 is 0 Å². The van der Waals surface area contributed by atoms with Gasteiger partial charge in [-0.2, -0.15) is 5.10 Å². The summed E-state index contributed by atoms with van der Waals surface area (Å²) in [6, 6.07) is 8.13. The maximum Gasteiger partial charge on any atom is 0.185 e. The first kappa shape index (κ1) is 11.6. The van der Waals surface area contributed by atoms with Crippen LogP contribution in [0.25, 0.3) is 10.9 Å². The van der Waals surface area contributed by atoms with Crippen LogP contribution in [-0.4, -0.2) is 25.6 Å². The van der Waals surface area contributed by atoms with E-state index in [1.54, 1.807) is 12.4 Å². The van der Waals surface area contributed by atoms with Crippen molar-refractivity contribution in [1.82, 2.24) is 19.3 Å². The molecule has 0 bridgehead atoms. The predicted octanol–water partition coefficient (Wildman–Crippen LogP) is 2.11. The third-order valence-corrected chi connectivity index (χ3v) is 3.21. The summed E-state index contributed by atoms with van der Waals surface area (Å²) in [5.74, 6) is 0.426. The lowest BCUT2D eigenvalue weighted by Gasteiger charge is -2.01. The second-order valence-electron chi connectivity index (χ2n) is 4.31. The van der Waals surface area contributed by atoms with E-state index in [0.29, 0.717) is 12.4 Å². The molecular formula is C14H14N4O. The average Bonchev–Trinajstić information content (AvgIpc) is 3.04. The van der Waals surface area contributed by atoms with E-state index in [4.69, 9.17) is 0 Å². The highest BCUT2D eigenvalue weighted by molar-refractivity contribution is 5.82. The van der Waals surface area contributed by atoms with Gasteiger partial charge < -0.3 is 4.57 Å². The summed E-state index contributed by atoms with van der Waals surface area (Å²) in [6.45, 7) is 3.45. The zero-order valence-corrected chi connectivity index (χ0v) is 10.7. The van der Waals surface area contributed by atoms with E-state index in [2.05, 4.69) is 29.1 Å². The molecule has 19 heavy (non-hydrogen) atoms. The fourth-order valence-electron chi connectivity index (χ4n) is 2.29. The summed E-state index contributed by atoms with van der Waals surface area (Å²) in [7, 11) is 0. The lowest BCUT2D eigenvalue weighted by atomic mass is 10.2. The molecule has 0 unspecified atom stereocenters. The summed E-state index contributed by atoms with van der Waals surface area (Å²) in [5, 5.41) is 5.73. The third-order valence-electron chi connectivity index (χ3n) is 3.21. The molecule has 3 rings (SSSR count). The molecule has 2 heterocycles. The zero-order valence-electron chi connectivity index (χ0n) is 10.7. The van der Waals surface area contributed by atoms with Crippen molar-refractivity contribution < 1.29 is 4.79 Å². The second-order valence-corrected chi connectivity index (χ2v) is 4.31. The molecular weight excluding hydrogens is 240 g/mol. The molecule has 2 aromatic heterocycles. The number of carbonyl (C=O) groups excluding carboxylic acids is 1. The van der Waals surface area contributed by atoms with Gasteiger partial charge in [-0.05, 0) is 13.0 Å². The third kappa shape index (κ3) is 1.93. The number of rotatable bonds is 4. The van der Waals surface area contributed by atoms with Crippen LogP contribution in [0, 0.1) is 0 Å². The van der Waals surface area contributed by atoms with Gasteiger partial charge in [-0.3, -0.25) is 9.48 Å². The Hall–Kier alpha value is -2.43. The molecule has 0 radical (unpaired) electrons. The summed E-state index contributed by atoms with van der Waals surface area (Å²) >= 11 is 0. The van der Waals surface area contributed by atoms with Gasteiger partial charge in [0.1, 0.15) is 0 Å². The second kappa shape index (κ2) is 4.68. The number of aryl methyl sites for hydroxylation is 1. The van der Waals surface area contributed by atoms with Crippen LogP contribution in [0.4, 0.5) is 0 Å². The first-order valence-electron chi connectivity index (χ1n) is 6.24. The van der Waals surface area contributed by atoms with Crippen molar-refractivity contribution in [1.29, 1.82) is 0 Å². The van der Waals surface area contributed by atoms with E-state index in [9.17, 15) is 4.79 Å². The van der Waals surface area contributed by atoms with Gasteiger partial charge in [0.05, 0.1) is 17.8 Å². The van der Waals surface area contributed by atoms with Crippen LogP contribution in [0.3, 0.4) is 0 Å². The van der Waals surface area contributed by atoms with Crippen molar-refractivity contribution in [3.8, 4) is 0 Å². The van der Waals surface area contributed by atoms with E-state index in [1.807, 2.05) is 21.4 Å². The van der Waals surface area contributed by atoms with Gasteiger partial charge in [0.15, 0.2) is 12.1 Å². The van der Waals surface area contributed by atoms with Crippen molar-refractivity contribution in [2.75, 3.05) is 0 Å². The average molecular weight is 254 g/mol. The Bertz CT molecular complexity index is 726. The summed E-state index contributed by atoms with van der Waals surface area (Å²) in [5.41, 5.74) is 2.08. The summed E-state index contributed by atoms with van der Waals surface area (Å²) in [4.78, 5) is 14.9. The Labute approximate surface area is 110 Å². The number of carbonyl (C=O) groups is 1. The van der Waals surface area contributed by atoms with Gasteiger partial charge in [-0.1, -0.05) is 18.2 Å². The maximum absolute atomic E-state index is 10.9. The normalized spacial score (nSPS) is 11.0.